The molecule has 0 fully saturated rings. The maximum absolute atomic E-state index is 12.2. The van der Waals surface area contributed by atoms with Crippen molar-refractivity contribution in [2.75, 3.05) is 13.6 Å². The van der Waals surface area contributed by atoms with E-state index < -0.39 is 0 Å². The van der Waals surface area contributed by atoms with Gasteiger partial charge in [0.05, 0.1) is 0 Å². The molecule has 0 aliphatic heterocycles. The van der Waals surface area contributed by atoms with Crippen LogP contribution in [0.3, 0.4) is 0 Å². The average Bonchev–Trinajstić information content (AvgIpc) is 3.19. The van der Waals surface area contributed by atoms with Crippen LogP contribution in [0.15, 0.2) is 59.1 Å². The topological polar surface area (TPSA) is 84.2 Å². The highest BCUT2D eigenvalue weighted by Gasteiger charge is 2.13. The standard InChI is InChI=1S/C21H21N3O3/c1-14-3-7-16(8-4-14)18-13-19(27-24-18)21(26)23-12-11-15-5-9-17(10-6-15)20(25)22-2/h3-10,13H,11-12H2,1-2H3,(H,22,25)(H,23,26). The second-order valence-electron chi connectivity index (χ2n) is 6.22. The first kappa shape index (κ1) is 18.4. The van der Waals surface area contributed by atoms with Gasteiger partial charge < -0.3 is 15.2 Å². The molecule has 2 aromatic carbocycles. The van der Waals surface area contributed by atoms with Gasteiger partial charge in [-0.3, -0.25) is 9.59 Å². The third kappa shape index (κ3) is 4.61. The molecule has 0 unspecified atom stereocenters. The van der Waals surface area contributed by atoms with Gasteiger partial charge in [-0.25, -0.2) is 0 Å². The van der Waals surface area contributed by atoms with E-state index in [2.05, 4.69) is 15.8 Å². The summed E-state index contributed by atoms with van der Waals surface area (Å²) in [5.74, 6) is -0.243. The van der Waals surface area contributed by atoms with Crippen LogP contribution in [-0.4, -0.2) is 30.6 Å². The molecule has 1 heterocycles. The second-order valence-corrected chi connectivity index (χ2v) is 6.22. The lowest BCUT2D eigenvalue weighted by Crippen LogP contribution is -2.25. The number of hydrogen-bond acceptors (Lipinski definition) is 4. The van der Waals surface area contributed by atoms with Gasteiger partial charge in [0.15, 0.2) is 0 Å². The molecule has 0 aliphatic rings. The van der Waals surface area contributed by atoms with E-state index in [0.29, 0.717) is 24.2 Å². The molecule has 27 heavy (non-hydrogen) atoms. The number of hydrogen-bond donors (Lipinski definition) is 2. The van der Waals surface area contributed by atoms with Gasteiger partial charge in [0, 0.05) is 30.8 Å². The predicted molar refractivity (Wildman–Crippen MR) is 103 cm³/mol. The smallest absolute Gasteiger partial charge is 0.289 e. The van der Waals surface area contributed by atoms with Crippen molar-refractivity contribution in [1.82, 2.24) is 15.8 Å². The van der Waals surface area contributed by atoms with E-state index in [4.69, 9.17) is 4.52 Å². The molecule has 0 saturated heterocycles. The number of benzene rings is 2. The summed E-state index contributed by atoms with van der Waals surface area (Å²) in [7, 11) is 1.60. The molecule has 3 aromatic rings. The fraction of sp³-hybridized carbons (Fsp3) is 0.190. The quantitative estimate of drug-likeness (QED) is 0.705. The highest BCUT2D eigenvalue weighted by Crippen LogP contribution is 2.19. The average molecular weight is 363 g/mol. The van der Waals surface area contributed by atoms with E-state index in [0.717, 1.165) is 16.7 Å². The largest absolute Gasteiger partial charge is 0.355 e. The Morgan fingerprint density at radius 1 is 1.00 bits per heavy atom. The Hall–Kier alpha value is -3.41. The van der Waals surface area contributed by atoms with Crippen molar-refractivity contribution in [2.45, 2.75) is 13.3 Å². The van der Waals surface area contributed by atoms with E-state index >= 15 is 0 Å². The lowest BCUT2D eigenvalue weighted by atomic mass is 10.1. The van der Waals surface area contributed by atoms with Crippen molar-refractivity contribution in [3.8, 4) is 11.3 Å². The zero-order valence-electron chi connectivity index (χ0n) is 15.3. The molecule has 6 nitrogen and oxygen atoms in total. The van der Waals surface area contributed by atoms with E-state index in [1.807, 2.05) is 43.3 Å². The van der Waals surface area contributed by atoms with E-state index in [1.54, 1.807) is 25.2 Å². The van der Waals surface area contributed by atoms with Crippen LogP contribution in [0.4, 0.5) is 0 Å². The van der Waals surface area contributed by atoms with Crippen LogP contribution in [0, 0.1) is 6.92 Å². The van der Waals surface area contributed by atoms with Gasteiger partial charge in [-0.1, -0.05) is 47.1 Å². The Morgan fingerprint density at radius 3 is 2.37 bits per heavy atom. The van der Waals surface area contributed by atoms with Gasteiger partial charge in [0.1, 0.15) is 5.69 Å². The zero-order valence-corrected chi connectivity index (χ0v) is 15.3. The Balaban J connectivity index is 1.54. The summed E-state index contributed by atoms with van der Waals surface area (Å²) in [4.78, 5) is 23.7. The summed E-state index contributed by atoms with van der Waals surface area (Å²) in [6, 6.07) is 16.8. The molecule has 6 heteroatoms. The lowest BCUT2D eigenvalue weighted by Gasteiger charge is -2.04. The number of nitrogens with one attached hydrogen (secondary N) is 2. The van der Waals surface area contributed by atoms with Crippen LogP contribution >= 0.6 is 0 Å². The van der Waals surface area contributed by atoms with Crippen molar-refractivity contribution in [3.63, 3.8) is 0 Å². The molecule has 0 atom stereocenters. The van der Waals surface area contributed by atoms with Gasteiger partial charge in [-0.15, -0.1) is 0 Å². The summed E-state index contributed by atoms with van der Waals surface area (Å²) < 4.78 is 5.16. The van der Waals surface area contributed by atoms with Gasteiger partial charge in [-0.05, 0) is 31.0 Å². The molecular weight excluding hydrogens is 342 g/mol. The zero-order chi connectivity index (χ0) is 19.2. The lowest BCUT2D eigenvalue weighted by molar-refractivity contribution is 0.0916. The van der Waals surface area contributed by atoms with Crippen molar-refractivity contribution >= 4 is 11.8 Å². The molecule has 138 valence electrons. The Kier molecular flexibility index (Phi) is 5.66. The number of aromatic nitrogens is 1. The van der Waals surface area contributed by atoms with Crippen LogP contribution in [0.25, 0.3) is 11.3 Å². The van der Waals surface area contributed by atoms with Crippen LogP contribution in [-0.2, 0) is 6.42 Å². The first-order valence-electron chi connectivity index (χ1n) is 8.70. The molecule has 0 aliphatic carbocycles. The number of rotatable bonds is 6. The molecule has 0 spiro atoms. The van der Waals surface area contributed by atoms with Crippen LogP contribution in [0.2, 0.25) is 0 Å². The van der Waals surface area contributed by atoms with Crippen molar-refractivity contribution in [3.05, 3.63) is 77.0 Å². The van der Waals surface area contributed by atoms with Gasteiger partial charge in [0.2, 0.25) is 5.76 Å². The number of carbonyl (C=O) groups excluding carboxylic acids is 2. The summed E-state index contributed by atoms with van der Waals surface area (Å²) in [5, 5.41) is 9.36. The molecule has 2 amide bonds. The first-order chi connectivity index (χ1) is 13.1. The Morgan fingerprint density at radius 2 is 1.70 bits per heavy atom. The van der Waals surface area contributed by atoms with Crippen molar-refractivity contribution in [1.29, 1.82) is 0 Å². The fourth-order valence-electron chi connectivity index (χ4n) is 2.62. The van der Waals surface area contributed by atoms with E-state index in [1.165, 1.54) is 0 Å². The SMILES string of the molecule is CNC(=O)c1ccc(CCNC(=O)c2cc(-c3ccc(C)cc3)no2)cc1. The van der Waals surface area contributed by atoms with Gasteiger partial charge in [-0.2, -0.15) is 0 Å². The molecule has 3 rings (SSSR count). The second kappa shape index (κ2) is 8.31. The van der Waals surface area contributed by atoms with E-state index in [-0.39, 0.29) is 17.6 Å². The number of nitrogens with zero attached hydrogens (tertiary/aromatic N) is 1. The van der Waals surface area contributed by atoms with Crippen LogP contribution in [0.5, 0.6) is 0 Å². The molecule has 2 N–H and O–H groups in total. The minimum Gasteiger partial charge on any atom is -0.355 e. The molecular formula is C21H21N3O3. The predicted octanol–water partition coefficient (Wildman–Crippen LogP) is 2.98. The molecule has 1 aromatic heterocycles. The number of amides is 2. The third-order valence-corrected chi connectivity index (χ3v) is 4.22. The fourth-order valence-corrected chi connectivity index (χ4v) is 2.62. The highest BCUT2D eigenvalue weighted by atomic mass is 16.5. The highest BCUT2D eigenvalue weighted by molar-refractivity contribution is 5.94. The monoisotopic (exact) mass is 363 g/mol. The minimum absolute atomic E-state index is 0.121. The van der Waals surface area contributed by atoms with Crippen molar-refractivity contribution in [2.24, 2.45) is 0 Å². The molecule has 0 radical (unpaired) electrons. The maximum atomic E-state index is 12.2. The first-order valence-corrected chi connectivity index (χ1v) is 8.70. The van der Waals surface area contributed by atoms with Crippen LogP contribution in [0.1, 0.15) is 32.0 Å². The Labute approximate surface area is 157 Å². The summed E-state index contributed by atoms with van der Waals surface area (Å²) in [6.07, 6.45) is 0.652. The minimum atomic E-state index is -0.303. The summed E-state index contributed by atoms with van der Waals surface area (Å²) >= 11 is 0. The van der Waals surface area contributed by atoms with Gasteiger partial charge in [0.25, 0.3) is 11.8 Å². The molecule has 0 bridgehead atoms. The normalized spacial score (nSPS) is 10.4. The third-order valence-electron chi connectivity index (χ3n) is 4.22. The summed E-state index contributed by atoms with van der Waals surface area (Å²) in [5.41, 5.74) is 4.32. The molecule has 0 saturated carbocycles. The summed E-state index contributed by atoms with van der Waals surface area (Å²) in [6.45, 7) is 2.47. The van der Waals surface area contributed by atoms with E-state index in [9.17, 15) is 9.59 Å². The van der Waals surface area contributed by atoms with Crippen LogP contribution < -0.4 is 10.6 Å². The van der Waals surface area contributed by atoms with Crippen molar-refractivity contribution < 1.29 is 14.1 Å². The number of carbonyl (C=O) groups is 2. The Bertz CT molecular complexity index is 928. The van der Waals surface area contributed by atoms with Gasteiger partial charge >= 0.3 is 0 Å². The maximum Gasteiger partial charge on any atom is 0.289 e. The number of aryl methyl sites for hydroxylation is 1.